The lowest BCUT2D eigenvalue weighted by Crippen LogP contribution is -2.06. The molecule has 4 N–H and O–H groups in total. The maximum atomic E-state index is 8.71. The Morgan fingerprint density at radius 2 is 1.16 bits per heavy atom. The minimum atomic E-state index is 0.169. The Kier molecular flexibility index (Phi) is 12.0. The van der Waals surface area contributed by atoms with Gasteiger partial charge in [0.15, 0.2) is 0 Å². The summed E-state index contributed by atoms with van der Waals surface area (Å²) < 4.78 is 15.1. The number of phenolic OH excluding ortho intramolecular Hbond substituents is 2. The normalized spacial score (nSPS) is 18.3. The van der Waals surface area contributed by atoms with Crippen LogP contribution in [0.5, 0.6) is 11.5 Å². The lowest BCUT2D eigenvalue weighted by atomic mass is 10.0. The Labute approximate surface area is 183 Å². The summed E-state index contributed by atoms with van der Waals surface area (Å²) in [6.45, 7) is 3.76. The van der Waals surface area contributed by atoms with Gasteiger partial charge in [0, 0.05) is 13.2 Å². The third-order valence-corrected chi connectivity index (χ3v) is 4.50. The van der Waals surface area contributed by atoms with Gasteiger partial charge in [0.2, 0.25) is 0 Å². The van der Waals surface area contributed by atoms with Crippen molar-refractivity contribution >= 4 is 0 Å². The number of phenols is 2. The van der Waals surface area contributed by atoms with Crippen molar-refractivity contribution in [2.24, 2.45) is 0 Å². The van der Waals surface area contributed by atoms with Crippen LogP contribution in [0.25, 0.3) is 0 Å². The van der Waals surface area contributed by atoms with E-state index in [-0.39, 0.29) is 24.7 Å². The van der Waals surface area contributed by atoms with Crippen molar-refractivity contribution in [2.75, 3.05) is 39.6 Å². The van der Waals surface area contributed by atoms with Crippen molar-refractivity contribution < 1.29 is 34.6 Å². The van der Waals surface area contributed by atoms with Crippen LogP contribution < -0.4 is 0 Å². The largest absolute Gasteiger partial charge is 0.508 e. The van der Waals surface area contributed by atoms with Crippen LogP contribution >= 0.6 is 0 Å². The molecule has 4 rings (SSSR count). The van der Waals surface area contributed by atoms with Gasteiger partial charge in [0.1, 0.15) is 23.7 Å². The van der Waals surface area contributed by atoms with Crippen molar-refractivity contribution in [1.82, 2.24) is 0 Å². The third kappa shape index (κ3) is 13.0. The van der Waals surface area contributed by atoms with Gasteiger partial charge in [-0.05, 0) is 61.1 Å². The lowest BCUT2D eigenvalue weighted by molar-refractivity contribution is 0.102. The molecule has 2 aliphatic rings. The van der Waals surface area contributed by atoms with E-state index >= 15 is 0 Å². The highest BCUT2D eigenvalue weighted by Gasteiger charge is 2.26. The van der Waals surface area contributed by atoms with Crippen molar-refractivity contribution in [3.05, 3.63) is 59.7 Å². The summed E-state index contributed by atoms with van der Waals surface area (Å²) in [6, 6.07) is 14.1. The van der Waals surface area contributed by atoms with E-state index in [9.17, 15) is 0 Å². The first-order chi connectivity index (χ1) is 15.1. The summed E-state index contributed by atoms with van der Waals surface area (Å²) >= 11 is 0. The molecule has 2 atom stereocenters. The van der Waals surface area contributed by atoms with Crippen LogP contribution in [0.2, 0.25) is 0 Å². The first-order valence-corrected chi connectivity index (χ1v) is 10.7. The van der Waals surface area contributed by atoms with Gasteiger partial charge in [-0.15, -0.1) is 0 Å². The number of hydrogen-bond acceptors (Lipinski definition) is 7. The van der Waals surface area contributed by atoms with Crippen LogP contribution in [0.15, 0.2) is 48.5 Å². The number of ether oxygens (including phenoxy) is 3. The maximum absolute atomic E-state index is 8.71. The average Bonchev–Trinajstić information content (AvgIpc) is 3.70. The fourth-order valence-electron chi connectivity index (χ4n) is 2.62. The first kappa shape index (κ1) is 25.1. The standard InChI is InChI=1S/C12H18O2.C6H10O3.C6H6O2/c13-8-2-6-11-4-1-5-12(10-11)7-3-9-14;1(5-3-8-5)7-2-6-4-9-6;7-5-1-2-6(8)4-3-5/h1,4-5,10,13-14H,2-3,6-9H2;5-6H,1-4H2;1-4,7-8H. The second-order valence-electron chi connectivity index (χ2n) is 7.44. The van der Waals surface area contributed by atoms with Crippen LogP contribution in [0, 0.1) is 0 Å². The van der Waals surface area contributed by atoms with Gasteiger partial charge in [0.25, 0.3) is 0 Å². The number of aryl methyl sites for hydroxylation is 2. The minimum absolute atomic E-state index is 0.169. The minimum Gasteiger partial charge on any atom is -0.508 e. The highest BCUT2D eigenvalue weighted by atomic mass is 16.6. The highest BCUT2D eigenvalue weighted by molar-refractivity contribution is 5.28. The van der Waals surface area contributed by atoms with E-state index in [1.807, 2.05) is 6.07 Å². The van der Waals surface area contributed by atoms with Crippen LogP contribution in [0.4, 0.5) is 0 Å². The van der Waals surface area contributed by atoms with Gasteiger partial charge in [-0.25, -0.2) is 0 Å². The van der Waals surface area contributed by atoms with Gasteiger partial charge in [0.05, 0.1) is 26.4 Å². The van der Waals surface area contributed by atoms with Crippen LogP contribution in [-0.2, 0) is 27.1 Å². The number of hydrogen-bond donors (Lipinski definition) is 4. The van der Waals surface area contributed by atoms with Gasteiger partial charge in [-0.3, -0.25) is 0 Å². The van der Waals surface area contributed by atoms with Crippen LogP contribution in [0.1, 0.15) is 24.0 Å². The van der Waals surface area contributed by atoms with E-state index in [1.165, 1.54) is 35.4 Å². The van der Waals surface area contributed by atoms with Crippen LogP contribution in [0.3, 0.4) is 0 Å². The summed E-state index contributed by atoms with van der Waals surface area (Å²) in [5.41, 5.74) is 2.55. The molecule has 7 nitrogen and oxygen atoms in total. The second-order valence-corrected chi connectivity index (χ2v) is 7.44. The Bertz CT molecular complexity index is 656. The molecule has 31 heavy (non-hydrogen) atoms. The third-order valence-electron chi connectivity index (χ3n) is 4.50. The molecule has 172 valence electrons. The molecule has 2 saturated heterocycles. The van der Waals surface area contributed by atoms with Crippen molar-refractivity contribution in [3.63, 3.8) is 0 Å². The molecule has 0 aromatic heterocycles. The molecule has 0 saturated carbocycles. The zero-order chi connectivity index (χ0) is 22.3. The van der Waals surface area contributed by atoms with Gasteiger partial charge >= 0.3 is 0 Å². The zero-order valence-electron chi connectivity index (χ0n) is 17.9. The molecule has 2 aliphatic heterocycles. The Balaban J connectivity index is 0.000000173. The summed E-state index contributed by atoms with van der Waals surface area (Å²) in [7, 11) is 0. The van der Waals surface area contributed by atoms with Crippen molar-refractivity contribution in [3.8, 4) is 11.5 Å². The zero-order valence-corrected chi connectivity index (χ0v) is 17.9. The molecule has 0 aliphatic carbocycles. The molecule has 2 aromatic carbocycles. The van der Waals surface area contributed by atoms with E-state index in [4.69, 9.17) is 34.6 Å². The smallest absolute Gasteiger partial charge is 0.115 e. The fourth-order valence-corrected chi connectivity index (χ4v) is 2.62. The summed E-state index contributed by atoms with van der Waals surface area (Å²) in [5, 5.41) is 34.7. The summed E-state index contributed by atoms with van der Waals surface area (Å²) in [5.74, 6) is 0.339. The fraction of sp³-hybridized carbons (Fsp3) is 0.500. The molecular formula is C24H34O7. The van der Waals surface area contributed by atoms with E-state index < -0.39 is 0 Å². The molecule has 2 unspecified atom stereocenters. The van der Waals surface area contributed by atoms with E-state index in [1.54, 1.807) is 0 Å². The number of aromatic hydroxyl groups is 2. The van der Waals surface area contributed by atoms with Crippen molar-refractivity contribution in [1.29, 1.82) is 0 Å². The monoisotopic (exact) mass is 434 g/mol. The van der Waals surface area contributed by atoms with Gasteiger partial charge < -0.3 is 34.6 Å². The predicted octanol–water partition coefficient (Wildman–Crippen LogP) is 2.43. The van der Waals surface area contributed by atoms with Crippen molar-refractivity contribution in [2.45, 2.75) is 37.9 Å². The number of benzene rings is 2. The second kappa shape index (κ2) is 14.8. The molecule has 0 amide bonds. The maximum Gasteiger partial charge on any atom is 0.115 e. The number of aliphatic hydroxyl groups is 2. The van der Waals surface area contributed by atoms with E-state index in [0.29, 0.717) is 12.2 Å². The molecular weight excluding hydrogens is 400 g/mol. The molecule has 0 radical (unpaired) electrons. The molecule has 2 aromatic rings. The molecule has 2 heterocycles. The quantitative estimate of drug-likeness (QED) is 0.335. The number of aliphatic hydroxyl groups excluding tert-OH is 2. The molecule has 0 bridgehead atoms. The van der Waals surface area contributed by atoms with E-state index in [2.05, 4.69) is 18.2 Å². The van der Waals surface area contributed by atoms with E-state index in [0.717, 1.165) is 52.1 Å². The molecule has 7 heteroatoms. The molecule has 2 fully saturated rings. The van der Waals surface area contributed by atoms with Gasteiger partial charge in [-0.2, -0.15) is 0 Å². The number of rotatable bonds is 10. The first-order valence-electron chi connectivity index (χ1n) is 10.7. The Morgan fingerprint density at radius 3 is 1.52 bits per heavy atom. The Morgan fingerprint density at radius 1 is 0.742 bits per heavy atom. The Hall–Kier alpha value is -2.16. The average molecular weight is 435 g/mol. The highest BCUT2D eigenvalue weighted by Crippen LogP contribution is 2.13. The van der Waals surface area contributed by atoms with Gasteiger partial charge in [-0.1, -0.05) is 24.3 Å². The summed E-state index contributed by atoms with van der Waals surface area (Å²) in [6.07, 6.45) is 4.30. The predicted molar refractivity (Wildman–Crippen MR) is 117 cm³/mol. The number of epoxide rings is 2. The molecule has 0 spiro atoms. The van der Waals surface area contributed by atoms with Crippen LogP contribution in [-0.4, -0.2) is 72.3 Å². The SMILES string of the molecule is C(OCC1CO1)C1CO1.OCCCc1cccc(CCCO)c1.Oc1ccc(O)cc1. The lowest BCUT2D eigenvalue weighted by Gasteiger charge is -2.03. The topological polar surface area (TPSA) is 115 Å². The summed E-state index contributed by atoms with van der Waals surface area (Å²) in [4.78, 5) is 0.